The van der Waals surface area contributed by atoms with Gasteiger partial charge in [0.25, 0.3) is 0 Å². The first-order valence-electron chi connectivity index (χ1n) is 18.0. The molecule has 0 saturated heterocycles. The lowest BCUT2D eigenvalue weighted by atomic mass is 10.0. The summed E-state index contributed by atoms with van der Waals surface area (Å²) >= 11 is 0. The second-order valence-corrected chi connectivity index (χ2v) is 14.1. The Labute approximate surface area is 300 Å². The van der Waals surface area contributed by atoms with Gasteiger partial charge in [-0.3, -0.25) is 4.57 Å². The van der Waals surface area contributed by atoms with Crippen LogP contribution in [0.1, 0.15) is 0 Å². The second-order valence-electron chi connectivity index (χ2n) is 14.1. The number of hydrogen-bond acceptors (Lipinski definition) is 3. The number of furan rings is 1. The molecule has 0 radical (unpaired) electrons. The van der Waals surface area contributed by atoms with Crippen LogP contribution in [-0.2, 0) is 0 Å². The van der Waals surface area contributed by atoms with Gasteiger partial charge in [-0.05, 0) is 52.6 Å². The average Bonchev–Trinajstić information content (AvgIpc) is 3.96. The van der Waals surface area contributed by atoms with Crippen LogP contribution in [0.2, 0.25) is 0 Å². The molecule has 5 heteroatoms. The van der Waals surface area contributed by atoms with Crippen LogP contribution < -0.4 is 0 Å². The smallest absolute Gasteiger partial charge is 0.197 e. The van der Waals surface area contributed by atoms with Crippen molar-refractivity contribution in [2.75, 3.05) is 0 Å². The topological polar surface area (TPSA) is 48.3 Å². The summed E-state index contributed by atoms with van der Waals surface area (Å²) in [6, 6.07) is 56.3. The van der Waals surface area contributed by atoms with E-state index in [0.29, 0.717) is 11.4 Å². The largest absolute Gasteiger partial charge is 0.450 e. The number of fused-ring (bicyclic) bond motifs is 16. The van der Waals surface area contributed by atoms with E-state index in [1.165, 1.54) is 65.0 Å². The fourth-order valence-corrected chi connectivity index (χ4v) is 9.16. The first-order chi connectivity index (χ1) is 26.3. The third-order valence-electron chi connectivity index (χ3n) is 11.4. The van der Waals surface area contributed by atoms with Gasteiger partial charge in [-0.2, -0.15) is 0 Å². The third-order valence-corrected chi connectivity index (χ3v) is 11.4. The van der Waals surface area contributed by atoms with Gasteiger partial charge in [0, 0.05) is 48.7 Å². The van der Waals surface area contributed by atoms with Crippen molar-refractivity contribution in [3.05, 3.63) is 158 Å². The maximum atomic E-state index is 6.76. The van der Waals surface area contributed by atoms with Gasteiger partial charge < -0.3 is 8.82 Å². The molecule has 13 rings (SSSR count). The maximum absolute atomic E-state index is 6.76. The lowest BCUT2D eigenvalue weighted by Gasteiger charge is -2.11. The van der Waals surface area contributed by atoms with Gasteiger partial charge in [0.2, 0.25) is 0 Å². The second kappa shape index (κ2) is 9.75. The SMILES string of the molecule is c1ccc2cc(-c3nc(-n4c5ccccc5c5cc6c7ccccc7n7c8c9ccccc9ccc8c(c54)c67)c4oc5ccccc5c4n3)ccc2c1. The number of hydrogen-bond donors (Lipinski definition) is 0. The molecule has 0 amide bonds. The van der Waals surface area contributed by atoms with Crippen LogP contribution in [0.3, 0.4) is 0 Å². The van der Waals surface area contributed by atoms with Gasteiger partial charge in [-0.25, -0.2) is 9.97 Å². The summed E-state index contributed by atoms with van der Waals surface area (Å²) in [5, 5.41) is 13.0. The van der Waals surface area contributed by atoms with Gasteiger partial charge >= 0.3 is 0 Å². The molecule has 53 heavy (non-hydrogen) atoms. The molecule has 8 aromatic carbocycles. The van der Waals surface area contributed by atoms with Crippen molar-refractivity contribution < 1.29 is 4.42 Å². The minimum atomic E-state index is 0.661. The summed E-state index contributed by atoms with van der Waals surface area (Å²) in [6.07, 6.45) is 0. The molecule has 0 fully saturated rings. The van der Waals surface area contributed by atoms with Crippen LogP contribution >= 0.6 is 0 Å². The van der Waals surface area contributed by atoms with Crippen molar-refractivity contribution in [3.8, 4) is 17.2 Å². The summed E-state index contributed by atoms with van der Waals surface area (Å²) in [7, 11) is 0. The normalized spacial score (nSPS) is 12.5. The van der Waals surface area contributed by atoms with Crippen LogP contribution in [-0.4, -0.2) is 18.9 Å². The van der Waals surface area contributed by atoms with Crippen molar-refractivity contribution in [2.45, 2.75) is 0 Å². The minimum absolute atomic E-state index is 0.661. The fourth-order valence-electron chi connectivity index (χ4n) is 9.16. The molecular weight excluding hydrogens is 649 g/mol. The zero-order chi connectivity index (χ0) is 34.4. The molecule has 0 spiro atoms. The van der Waals surface area contributed by atoms with Crippen molar-refractivity contribution >= 4 is 104 Å². The Bertz CT molecular complexity index is 3700. The van der Waals surface area contributed by atoms with Crippen molar-refractivity contribution in [3.63, 3.8) is 0 Å². The monoisotopic (exact) mass is 674 g/mol. The molecule has 5 aromatic heterocycles. The highest BCUT2D eigenvalue weighted by molar-refractivity contribution is 6.36. The molecule has 0 atom stereocenters. The minimum Gasteiger partial charge on any atom is -0.450 e. The Balaban J connectivity index is 1.27. The van der Waals surface area contributed by atoms with Crippen molar-refractivity contribution in [1.29, 1.82) is 0 Å². The first-order valence-corrected chi connectivity index (χ1v) is 18.0. The zero-order valence-electron chi connectivity index (χ0n) is 28.2. The van der Waals surface area contributed by atoms with E-state index < -0.39 is 0 Å². The summed E-state index contributed by atoms with van der Waals surface area (Å²) in [5.74, 6) is 1.39. The number of para-hydroxylation sites is 3. The first kappa shape index (κ1) is 27.5. The van der Waals surface area contributed by atoms with E-state index in [1.807, 2.05) is 18.2 Å². The summed E-state index contributed by atoms with van der Waals surface area (Å²) in [4.78, 5) is 10.7. The molecule has 0 unspecified atom stereocenters. The Hall–Kier alpha value is -7.24. The Morgan fingerprint density at radius 1 is 0.434 bits per heavy atom. The van der Waals surface area contributed by atoms with Crippen molar-refractivity contribution in [2.24, 2.45) is 0 Å². The molecule has 5 heterocycles. The predicted octanol–water partition coefficient (Wildman–Crippen LogP) is 12.6. The number of aromatic nitrogens is 4. The molecule has 0 bridgehead atoms. The maximum Gasteiger partial charge on any atom is 0.197 e. The molecule has 0 aliphatic carbocycles. The highest BCUT2D eigenvalue weighted by atomic mass is 16.3. The molecule has 0 saturated carbocycles. The van der Waals surface area contributed by atoms with Gasteiger partial charge in [-0.1, -0.05) is 121 Å². The summed E-state index contributed by atoms with van der Waals surface area (Å²) in [5.41, 5.74) is 9.06. The predicted molar refractivity (Wildman–Crippen MR) is 219 cm³/mol. The summed E-state index contributed by atoms with van der Waals surface area (Å²) < 4.78 is 11.6. The van der Waals surface area contributed by atoms with Crippen LogP contribution in [0.15, 0.2) is 162 Å². The molecule has 244 valence electrons. The van der Waals surface area contributed by atoms with Crippen LogP contribution in [0, 0.1) is 0 Å². The van der Waals surface area contributed by atoms with Crippen LogP contribution in [0.4, 0.5) is 0 Å². The zero-order valence-corrected chi connectivity index (χ0v) is 28.2. The molecular formula is C48H26N4O. The number of benzene rings is 8. The average molecular weight is 675 g/mol. The standard InChI is InChI=1S/C48H26N4O/c1-2-13-29-25-30(22-21-27(29)11-1)47-49-42-34-17-7-10-20-40(34)53-46(42)48(50-47)52-39-19-9-6-16-33(39)37-26-36-32-15-5-8-18-38(32)51-43-31-14-4-3-12-28(31)23-24-35(43)41(44(36)51)45(37)52/h1-26H. The van der Waals surface area contributed by atoms with Crippen LogP contribution in [0.5, 0.6) is 0 Å². The lowest BCUT2D eigenvalue weighted by molar-refractivity contribution is 0.662. The lowest BCUT2D eigenvalue weighted by Crippen LogP contribution is -2.02. The Morgan fingerprint density at radius 3 is 1.96 bits per heavy atom. The van der Waals surface area contributed by atoms with Gasteiger partial charge in [0.1, 0.15) is 11.1 Å². The molecule has 5 nitrogen and oxygen atoms in total. The van der Waals surface area contributed by atoms with E-state index in [-0.39, 0.29) is 0 Å². The van der Waals surface area contributed by atoms with Gasteiger partial charge in [0.15, 0.2) is 17.2 Å². The third kappa shape index (κ3) is 3.46. The van der Waals surface area contributed by atoms with Gasteiger partial charge in [-0.15, -0.1) is 0 Å². The van der Waals surface area contributed by atoms with E-state index in [4.69, 9.17) is 14.4 Å². The van der Waals surface area contributed by atoms with Crippen LogP contribution in [0.25, 0.3) is 121 Å². The molecule has 13 aromatic rings. The highest BCUT2D eigenvalue weighted by Crippen LogP contribution is 2.48. The van der Waals surface area contributed by atoms with E-state index in [1.54, 1.807) is 0 Å². The Kier molecular flexibility index (Phi) is 5.06. The van der Waals surface area contributed by atoms with E-state index in [9.17, 15) is 0 Å². The fraction of sp³-hybridized carbons (Fsp3) is 0. The van der Waals surface area contributed by atoms with Crippen molar-refractivity contribution in [1.82, 2.24) is 18.9 Å². The molecule has 0 aliphatic rings. The van der Waals surface area contributed by atoms with E-state index >= 15 is 0 Å². The number of rotatable bonds is 2. The number of nitrogens with zero attached hydrogens (tertiary/aromatic N) is 4. The molecule has 0 N–H and O–H groups in total. The highest BCUT2D eigenvalue weighted by Gasteiger charge is 2.27. The van der Waals surface area contributed by atoms with Gasteiger partial charge in [0.05, 0.1) is 27.6 Å². The van der Waals surface area contributed by atoms with E-state index in [0.717, 1.165) is 44.3 Å². The molecule has 0 aliphatic heterocycles. The quantitative estimate of drug-likeness (QED) is 0.183. The Morgan fingerprint density at radius 2 is 1.09 bits per heavy atom. The van der Waals surface area contributed by atoms with E-state index in [2.05, 4.69) is 148 Å². The summed E-state index contributed by atoms with van der Waals surface area (Å²) in [6.45, 7) is 0.